The van der Waals surface area contributed by atoms with Crippen molar-refractivity contribution in [3.05, 3.63) is 104 Å². The Morgan fingerprint density at radius 2 is 1.89 bits per heavy atom. The van der Waals surface area contributed by atoms with Crippen molar-refractivity contribution in [2.75, 3.05) is 11.9 Å². The van der Waals surface area contributed by atoms with Gasteiger partial charge in [-0.05, 0) is 42.7 Å². The smallest absolute Gasteiger partial charge is 0.256 e. The molecule has 2 saturated heterocycles. The van der Waals surface area contributed by atoms with E-state index in [1.165, 1.54) is 0 Å². The van der Waals surface area contributed by atoms with E-state index in [1.54, 1.807) is 0 Å². The minimum Gasteiger partial charge on any atom is -0.489 e. The van der Waals surface area contributed by atoms with Crippen LogP contribution < -0.4 is 10.1 Å². The van der Waals surface area contributed by atoms with Crippen molar-refractivity contribution in [2.45, 2.75) is 43.0 Å². The number of para-hydroxylation sites is 1. The Hall–Kier alpha value is -3.23. The fourth-order valence-corrected chi connectivity index (χ4v) is 6.77. The Balaban J connectivity index is 1.49. The summed E-state index contributed by atoms with van der Waals surface area (Å²) in [5, 5.41) is 15.8. The Kier molecular flexibility index (Phi) is 5.38. The van der Waals surface area contributed by atoms with Crippen LogP contribution in [-0.4, -0.2) is 34.4 Å². The number of anilines is 1. The third kappa shape index (κ3) is 3.31. The minimum atomic E-state index is -1.34. The summed E-state index contributed by atoms with van der Waals surface area (Å²) in [5.41, 5.74) is 1.79. The number of hydrogen-bond acceptors (Lipinski definition) is 5. The minimum absolute atomic E-state index is 0.143. The van der Waals surface area contributed by atoms with Gasteiger partial charge in [-0.3, -0.25) is 19.8 Å². The highest BCUT2D eigenvalue weighted by atomic mass is 79.9. The van der Waals surface area contributed by atoms with Gasteiger partial charge in [0.1, 0.15) is 12.4 Å². The molecule has 1 spiro atoms. The number of carbonyl (C=O) groups excluding carboxylic acids is 1. The third-order valence-corrected chi connectivity index (χ3v) is 8.16. The van der Waals surface area contributed by atoms with Crippen molar-refractivity contribution in [3.63, 3.8) is 0 Å². The number of fused-ring (bicyclic) bond motifs is 4. The van der Waals surface area contributed by atoms with E-state index >= 15 is 0 Å². The average molecular weight is 534 g/mol. The second kappa shape index (κ2) is 8.46. The van der Waals surface area contributed by atoms with E-state index in [4.69, 9.17) is 4.74 Å². The number of benzene rings is 3. The summed E-state index contributed by atoms with van der Waals surface area (Å²) in [7, 11) is 0. The Labute approximate surface area is 211 Å². The molecule has 35 heavy (non-hydrogen) atoms. The number of carbonyl (C=O) groups is 1. The highest BCUT2D eigenvalue weighted by Gasteiger charge is 2.73. The fourth-order valence-electron chi connectivity index (χ4n) is 6.39. The highest BCUT2D eigenvalue weighted by molar-refractivity contribution is 9.10. The molecule has 0 unspecified atom stereocenters. The molecule has 1 N–H and O–H groups in total. The Bertz CT molecular complexity index is 1320. The summed E-state index contributed by atoms with van der Waals surface area (Å²) < 4.78 is 7.07. The van der Waals surface area contributed by atoms with Gasteiger partial charge in [-0.1, -0.05) is 64.5 Å². The summed E-state index contributed by atoms with van der Waals surface area (Å²) in [6, 6.07) is 21.6. The fraction of sp³-hybridized carbons (Fsp3) is 0.296. The molecule has 7 nitrogen and oxygen atoms in total. The van der Waals surface area contributed by atoms with Crippen LogP contribution in [0.2, 0.25) is 0 Å². The zero-order valence-corrected chi connectivity index (χ0v) is 20.5. The summed E-state index contributed by atoms with van der Waals surface area (Å²) in [6.07, 6.45) is 1.67. The molecule has 0 radical (unpaired) electrons. The van der Waals surface area contributed by atoms with E-state index < -0.39 is 17.5 Å². The predicted molar refractivity (Wildman–Crippen MR) is 135 cm³/mol. The van der Waals surface area contributed by atoms with E-state index in [0.29, 0.717) is 30.2 Å². The largest absolute Gasteiger partial charge is 0.489 e. The maximum Gasteiger partial charge on any atom is 0.256 e. The van der Waals surface area contributed by atoms with E-state index in [1.807, 2.05) is 72.8 Å². The standard InChI is InChI=1S/C27H24BrN3O4/c28-18-12-13-23(35-16-17-7-2-1-3-8-17)19(15-18)24-22-11-6-14-30(22)27(25(24)31(33)34)20-9-4-5-10-21(20)29-26(27)32/h1-5,7-10,12-13,15,22,24-25H,6,11,14,16H2,(H,29,32)/t22-,24+,25-,27+/m1/s1. The molecule has 6 rings (SSSR count). The quantitative estimate of drug-likeness (QED) is 0.365. The molecule has 3 aromatic carbocycles. The van der Waals surface area contributed by atoms with Crippen molar-refractivity contribution in [3.8, 4) is 5.75 Å². The van der Waals surface area contributed by atoms with E-state index in [9.17, 15) is 14.9 Å². The molecule has 3 aliphatic heterocycles. The molecular weight excluding hydrogens is 510 g/mol. The molecule has 0 aliphatic carbocycles. The molecule has 0 saturated carbocycles. The number of nitrogens with one attached hydrogen (secondary N) is 1. The first-order chi connectivity index (χ1) is 17.0. The number of hydrogen-bond donors (Lipinski definition) is 1. The number of rotatable bonds is 5. The van der Waals surface area contributed by atoms with Crippen LogP contribution in [0, 0.1) is 10.1 Å². The van der Waals surface area contributed by atoms with Crippen LogP contribution in [0.1, 0.15) is 35.4 Å². The first-order valence-corrected chi connectivity index (χ1v) is 12.6. The van der Waals surface area contributed by atoms with E-state index in [-0.39, 0.29) is 16.9 Å². The molecule has 178 valence electrons. The summed E-state index contributed by atoms with van der Waals surface area (Å²) in [5.74, 6) is -0.200. The highest BCUT2D eigenvalue weighted by Crippen LogP contribution is 2.59. The lowest BCUT2D eigenvalue weighted by molar-refractivity contribution is -0.534. The maximum atomic E-state index is 13.7. The maximum absolute atomic E-state index is 13.7. The van der Waals surface area contributed by atoms with Gasteiger partial charge in [0.05, 0.1) is 5.92 Å². The number of nitrogens with zero attached hydrogens (tertiary/aromatic N) is 2. The van der Waals surface area contributed by atoms with Crippen LogP contribution in [0.4, 0.5) is 5.69 Å². The van der Waals surface area contributed by atoms with Crippen molar-refractivity contribution in [2.24, 2.45) is 0 Å². The van der Waals surface area contributed by atoms with Crippen LogP contribution in [0.15, 0.2) is 77.3 Å². The van der Waals surface area contributed by atoms with Crippen molar-refractivity contribution in [1.82, 2.24) is 4.90 Å². The normalized spacial score (nSPS) is 27.0. The molecule has 3 heterocycles. The summed E-state index contributed by atoms with van der Waals surface area (Å²) in [4.78, 5) is 28.4. The SMILES string of the molecule is O=C1Nc2ccccc2[C@]12[C@H]([N+](=O)[O-])[C@@H](c1cc(Br)ccc1OCc1ccccc1)[C@H]1CCCN12. The van der Waals surface area contributed by atoms with Crippen molar-refractivity contribution in [1.29, 1.82) is 0 Å². The average Bonchev–Trinajstić information content (AvgIpc) is 3.52. The third-order valence-electron chi connectivity index (χ3n) is 7.66. The summed E-state index contributed by atoms with van der Waals surface area (Å²) >= 11 is 3.56. The van der Waals surface area contributed by atoms with Crippen LogP contribution in [0.25, 0.3) is 0 Å². The van der Waals surface area contributed by atoms with Crippen molar-refractivity contribution < 1.29 is 14.5 Å². The first-order valence-electron chi connectivity index (χ1n) is 11.8. The van der Waals surface area contributed by atoms with Gasteiger partial charge in [0, 0.05) is 38.8 Å². The van der Waals surface area contributed by atoms with Gasteiger partial charge in [0.25, 0.3) is 11.9 Å². The van der Waals surface area contributed by atoms with Gasteiger partial charge in [-0.2, -0.15) is 0 Å². The summed E-state index contributed by atoms with van der Waals surface area (Å²) in [6.45, 7) is 0.996. The van der Waals surface area contributed by atoms with Crippen molar-refractivity contribution >= 4 is 27.5 Å². The lowest BCUT2D eigenvalue weighted by atomic mass is 9.77. The molecule has 1 amide bonds. The molecule has 4 atom stereocenters. The molecule has 3 aliphatic rings. The second-order valence-corrected chi connectivity index (χ2v) is 10.3. The molecular formula is C27H24BrN3O4. The molecule has 8 heteroatoms. The molecule has 2 fully saturated rings. The number of nitro groups is 1. The second-order valence-electron chi connectivity index (χ2n) is 9.38. The lowest BCUT2D eigenvalue weighted by Crippen LogP contribution is -2.55. The van der Waals surface area contributed by atoms with E-state index in [2.05, 4.69) is 26.1 Å². The molecule has 0 aromatic heterocycles. The predicted octanol–water partition coefficient (Wildman–Crippen LogP) is 5.08. The first kappa shape index (κ1) is 22.2. The van der Waals surface area contributed by atoms with Crippen LogP contribution in [-0.2, 0) is 16.9 Å². The monoisotopic (exact) mass is 533 g/mol. The van der Waals surface area contributed by atoms with Gasteiger partial charge in [0.15, 0.2) is 5.54 Å². The molecule has 0 bridgehead atoms. The Morgan fingerprint density at radius 3 is 2.69 bits per heavy atom. The van der Waals surface area contributed by atoms with Crippen LogP contribution >= 0.6 is 15.9 Å². The van der Waals surface area contributed by atoms with Gasteiger partial charge in [-0.15, -0.1) is 0 Å². The number of ether oxygens (including phenoxy) is 1. The van der Waals surface area contributed by atoms with Gasteiger partial charge in [0.2, 0.25) is 0 Å². The van der Waals surface area contributed by atoms with Crippen LogP contribution in [0.5, 0.6) is 5.75 Å². The van der Waals surface area contributed by atoms with Gasteiger partial charge < -0.3 is 10.1 Å². The van der Waals surface area contributed by atoms with Crippen LogP contribution in [0.3, 0.4) is 0 Å². The number of halogens is 1. The molecule has 3 aromatic rings. The van der Waals surface area contributed by atoms with Gasteiger partial charge in [-0.25, -0.2) is 0 Å². The Morgan fingerprint density at radius 1 is 1.11 bits per heavy atom. The zero-order chi connectivity index (χ0) is 24.2. The van der Waals surface area contributed by atoms with E-state index in [0.717, 1.165) is 28.4 Å². The lowest BCUT2D eigenvalue weighted by Gasteiger charge is -2.32. The number of amides is 1. The zero-order valence-electron chi connectivity index (χ0n) is 18.9. The van der Waals surface area contributed by atoms with Gasteiger partial charge >= 0.3 is 0 Å². The topological polar surface area (TPSA) is 84.7 Å².